The maximum atomic E-state index is 11.2. The zero-order chi connectivity index (χ0) is 17.2. The third-order valence-corrected chi connectivity index (χ3v) is 4.01. The summed E-state index contributed by atoms with van der Waals surface area (Å²) in [5, 5.41) is 9.22. The van der Waals surface area contributed by atoms with Crippen molar-refractivity contribution in [2.75, 3.05) is 0 Å². The summed E-state index contributed by atoms with van der Waals surface area (Å²) < 4.78 is 0. The fourth-order valence-electron chi connectivity index (χ4n) is 2.78. The largest absolute Gasteiger partial charge is 0.478 e. The fourth-order valence-corrected chi connectivity index (χ4v) is 2.78. The van der Waals surface area contributed by atoms with Crippen molar-refractivity contribution in [3.8, 4) is 22.5 Å². The summed E-state index contributed by atoms with van der Waals surface area (Å²) in [7, 11) is 0. The number of carboxylic acid groups (broad SMARTS) is 1. The Hall–Kier alpha value is -3.53. The number of aromatic carboxylic acids is 1. The van der Waals surface area contributed by atoms with Gasteiger partial charge in [-0.25, -0.2) is 14.8 Å². The van der Waals surface area contributed by atoms with Crippen molar-refractivity contribution in [3.63, 3.8) is 0 Å². The van der Waals surface area contributed by atoms with Gasteiger partial charge in [0.15, 0.2) is 0 Å². The molecular weight excluding hydrogens is 312 g/mol. The summed E-state index contributed by atoms with van der Waals surface area (Å²) in [6.45, 7) is 0. The average molecular weight is 326 g/mol. The molecule has 4 aromatic rings. The Balaban J connectivity index is 2.02. The van der Waals surface area contributed by atoms with E-state index < -0.39 is 5.97 Å². The third kappa shape index (κ3) is 2.85. The van der Waals surface area contributed by atoms with Gasteiger partial charge in [0.2, 0.25) is 0 Å². The molecule has 0 saturated carbocycles. The van der Waals surface area contributed by atoms with E-state index in [0.29, 0.717) is 11.0 Å². The number of carbonyl (C=O) groups is 1. The average Bonchev–Trinajstić information content (AvgIpc) is 2.68. The van der Waals surface area contributed by atoms with Crippen molar-refractivity contribution in [1.29, 1.82) is 0 Å². The molecule has 0 radical (unpaired) electrons. The molecule has 1 heterocycles. The van der Waals surface area contributed by atoms with Gasteiger partial charge in [-0.1, -0.05) is 60.7 Å². The van der Waals surface area contributed by atoms with Crippen LogP contribution in [0.2, 0.25) is 0 Å². The Morgan fingerprint density at radius 2 is 1.20 bits per heavy atom. The zero-order valence-electron chi connectivity index (χ0n) is 13.3. The quantitative estimate of drug-likeness (QED) is 0.594. The van der Waals surface area contributed by atoms with Crippen molar-refractivity contribution < 1.29 is 9.90 Å². The first-order valence-electron chi connectivity index (χ1n) is 7.88. The van der Waals surface area contributed by atoms with Gasteiger partial charge in [-0.15, -0.1) is 0 Å². The van der Waals surface area contributed by atoms with Crippen molar-refractivity contribution >= 4 is 17.0 Å². The van der Waals surface area contributed by atoms with Gasteiger partial charge in [-0.2, -0.15) is 0 Å². The normalized spacial score (nSPS) is 10.7. The van der Waals surface area contributed by atoms with E-state index in [1.807, 2.05) is 60.7 Å². The monoisotopic (exact) mass is 326 g/mol. The van der Waals surface area contributed by atoms with Crippen LogP contribution in [0, 0.1) is 0 Å². The Morgan fingerprint density at radius 1 is 0.680 bits per heavy atom. The Morgan fingerprint density at radius 3 is 1.72 bits per heavy atom. The lowest BCUT2D eigenvalue weighted by atomic mass is 10.0. The standard InChI is InChI=1S/C21H14N2O2/c24-21(25)16-11-12-17-18(13-16)23-20(15-9-5-2-6-10-15)19(22-17)14-7-3-1-4-8-14/h1-13H,(H,24,25). The lowest BCUT2D eigenvalue weighted by Crippen LogP contribution is -1.99. The van der Waals surface area contributed by atoms with E-state index in [9.17, 15) is 9.90 Å². The van der Waals surface area contributed by atoms with Crippen molar-refractivity contribution in [2.45, 2.75) is 0 Å². The number of hydrogen-bond acceptors (Lipinski definition) is 3. The smallest absolute Gasteiger partial charge is 0.335 e. The molecule has 0 atom stereocenters. The zero-order valence-corrected chi connectivity index (χ0v) is 13.3. The second-order valence-corrected chi connectivity index (χ2v) is 5.66. The van der Waals surface area contributed by atoms with Crippen LogP contribution >= 0.6 is 0 Å². The number of aromatic nitrogens is 2. The van der Waals surface area contributed by atoms with Gasteiger partial charge in [0.05, 0.1) is 28.0 Å². The topological polar surface area (TPSA) is 63.1 Å². The van der Waals surface area contributed by atoms with Gasteiger partial charge in [0.25, 0.3) is 0 Å². The molecular formula is C21H14N2O2. The van der Waals surface area contributed by atoms with Crippen LogP contribution in [-0.4, -0.2) is 21.0 Å². The van der Waals surface area contributed by atoms with E-state index in [4.69, 9.17) is 9.97 Å². The van der Waals surface area contributed by atoms with E-state index in [1.54, 1.807) is 18.2 Å². The minimum atomic E-state index is -0.975. The number of nitrogens with zero attached hydrogens (tertiary/aromatic N) is 2. The SMILES string of the molecule is O=C(O)c1ccc2nc(-c3ccccc3)c(-c3ccccc3)nc2c1. The second-order valence-electron chi connectivity index (χ2n) is 5.66. The Kier molecular flexibility index (Phi) is 3.71. The van der Waals surface area contributed by atoms with E-state index in [-0.39, 0.29) is 5.56 Å². The van der Waals surface area contributed by atoms with E-state index >= 15 is 0 Å². The molecule has 0 aliphatic rings. The molecule has 25 heavy (non-hydrogen) atoms. The molecule has 0 spiro atoms. The van der Waals surface area contributed by atoms with Crippen LogP contribution in [0.5, 0.6) is 0 Å². The summed E-state index contributed by atoms with van der Waals surface area (Å²) >= 11 is 0. The molecule has 0 bridgehead atoms. The molecule has 1 aromatic heterocycles. The second kappa shape index (κ2) is 6.17. The highest BCUT2D eigenvalue weighted by atomic mass is 16.4. The van der Waals surface area contributed by atoms with Crippen LogP contribution in [0.25, 0.3) is 33.5 Å². The highest BCUT2D eigenvalue weighted by Crippen LogP contribution is 2.30. The molecule has 0 aliphatic carbocycles. The van der Waals surface area contributed by atoms with Gasteiger partial charge in [0.1, 0.15) is 0 Å². The number of fused-ring (bicyclic) bond motifs is 1. The van der Waals surface area contributed by atoms with Crippen LogP contribution in [0.3, 0.4) is 0 Å². The predicted octanol–water partition coefficient (Wildman–Crippen LogP) is 4.66. The van der Waals surface area contributed by atoms with Gasteiger partial charge in [0, 0.05) is 11.1 Å². The minimum absolute atomic E-state index is 0.202. The molecule has 0 fully saturated rings. The molecule has 0 amide bonds. The van der Waals surface area contributed by atoms with Crippen molar-refractivity contribution in [3.05, 3.63) is 84.4 Å². The lowest BCUT2D eigenvalue weighted by Gasteiger charge is -2.11. The van der Waals surface area contributed by atoms with Crippen LogP contribution in [-0.2, 0) is 0 Å². The first-order chi connectivity index (χ1) is 12.2. The molecule has 4 heteroatoms. The highest BCUT2D eigenvalue weighted by Gasteiger charge is 2.14. The lowest BCUT2D eigenvalue weighted by molar-refractivity contribution is 0.0697. The first-order valence-corrected chi connectivity index (χ1v) is 7.88. The van der Waals surface area contributed by atoms with E-state index in [0.717, 1.165) is 22.5 Å². The van der Waals surface area contributed by atoms with Crippen LogP contribution in [0.1, 0.15) is 10.4 Å². The fraction of sp³-hybridized carbons (Fsp3) is 0. The van der Waals surface area contributed by atoms with Gasteiger partial charge in [-0.3, -0.25) is 0 Å². The van der Waals surface area contributed by atoms with E-state index in [1.165, 1.54) is 0 Å². The maximum Gasteiger partial charge on any atom is 0.335 e. The van der Waals surface area contributed by atoms with E-state index in [2.05, 4.69) is 0 Å². The Labute approximate surface area is 144 Å². The minimum Gasteiger partial charge on any atom is -0.478 e. The summed E-state index contributed by atoms with van der Waals surface area (Å²) in [5.41, 5.74) is 4.87. The summed E-state index contributed by atoms with van der Waals surface area (Å²) in [4.78, 5) is 20.7. The molecule has 3 aromatic carbocycles. The number of hydrogen-bond donors (Lipinski definition) is 1. The first kappa shape index (κ1) is 15.0. The highest BCUT2D eigenvalue weighted by molar-refractivity contribution is 5.94. The molecule has 0 unspecified atom stereocenters. The maximum absolute atomic E-state index is 11.2. The van der Waals surface area contributed by atoms with Crippen molar-refractivity contribution in [2.24, 2.45) is 0 Å². The molecule has 4 nitrogen and oxygen atoms in total. The number of benzene rings is 3. The van der Waals surface area contributed by atoms with Crippen LogP contribution < -0.4 is 0 Å². The van der Waals surface area contributed by atoms with Crippen molar-refractivity contribution in [1.82, 2.24) is 9.97 Å². The number of rotatable bonds is 3. The Bertz CT molecular complexity index is 1060. The number of carboxylic acids is 1. The van der Waals surface area contributed by atoms with Gasteiger partial charge < -0.3 is 5.11 Å². The van der Waals surface area contributed by atoms with Gasteiger partial charge in [-0.05, 0) is 18.2 Å². The molecule has 0 saturated heterocycles. The molecule has 0 aliphatic heterocycles. The summed E-state index contributed by atoms with van der Waals surface area (Å²) in [6.07, 6.45) is 0. The summed E-state index contributed by atoms with van der Waals surface area (Å²) in [5.74, 6) is -0.975. The van der Waals surface area contributed by atoms with Crippen LogP contribution in [0.4, 0.5) is 0 Å². The molecule has 120 valence electrons. The molecule has 4 rings (SSSR count). The summed E-state index contributed by atoms with van der Waals surface area (Å²) in [6, 6.07) is 24.5. The van der Waals surface area contributed by atoms with Gasteiger partial charge >= 0.3 is 5.97 Å². The van der Waals surface area contributed by atoms with Crippen LogP contribution in [0.15, 0.2) is 78.9 Å². The third-order valence-electron chi connectivity index (χ3n) is 4.01. The molecule has 1 N–H and O–H groups in total. The predicted molar refractivity (Wildman–Crippen MR) is 97.4 cm³/mol.